The molecule has 1 fully saturated rings. The lowest BCUT2D eigenvalue weighted by Gasteiger charge is -2.27. The molecule has 1 aromatic carbocycles. The Kier molecular flexibility index (Phi) is 3.42. The van der Waals surface area contributed by atoms with E-state index in [1.54, 1.807) is 12.1 Å². The molecule has 1 saturated carbocycles. The third kappa shape index (κ3) is 2.55. The van der Waals surface area contributed by atoms with Gasteiger partial charge in [0.05, 0.1) is 5.56 Å². The summed E-state index contributed by atoms with van der Waals surface area (Å²) in [5, 5.41) is 2.97. The van der Waals surface area contributed by atoms with Gasteiger partial charge in [0.2, 0.25) is 0 Å². The summed E-state index contributed by atoms with van der Waals surface area (Å²) in [6, 6.07) is 4.86. The number of carbonyl (C=O) groups excluding carboxylic acids is 1. The smallest absolute Gasteiger partial charge is 0.254 e. The molecule has 2 rings (SSSR count). The van der Waals surface area contributed by atoms with Crippen molar-refractivity contribution in [2.24, 2.45) is 5.41 Å². The van der Waals surface area contributed by atoms with Crippen LogP contribution in [-0.2, 0) is 0 Å². The third-order valence-electron chi connectivity index (χ3n) is 3.93. The standard InChI is InChI=1S/C15H20FNO/c1-10-6-7-11(12(16)9-10)14(18)17-13-5-4-8-15(13,2)3/h6-7,9,13H,4-5,8H2,1-3H3,(H,17,18). The van der Waals surface area contributed by atoms with Crippen LogP contribution < -0.4 is 5.32 Å². The van der Waals surface area contributed by atoms with Gasteiger partial charge in [-0.15, -0.1) is 0 Å². The summed E-state index contributed by atoms with van der Waals surface area (Å²) >= 11 is 0. The van der Waals surface area contributed by atoms with Gasteiger partial charge in [-0.3, -0.25) is 4.79 Å². The van der Waals surface area contributed by atoms with Gasteiger partial charge in [0.25, 0.3) is 5.91 Å². The Bertz CT molecular complexity index is 468. The Morgan fingerprint density at radius 2 is 2.17 bits per heavy atom. The van der Waals surface area contributed by atoms with Gasteiger partial charge < -0.3 is 5.32 Å². The highest BCUT2D eigenvalue weighted by molar-refractivity contribution is 5.94. The molecule has 0 spiro atoms. The lowest BCUT2D eigenvalue weighted by atomic mass is 9.87. The van der Waals surface area contributed by atoms with E-state index in [0.717, 1.165) is 24.8 Å². The second-order valence-electron chi connectivity index (χ2n) is 5.89. The molecule has 18 heavy (non-hydrogen) atoms. The first-order valence-electron chi connectivity index (χ1n) is 6.47. The molecule has 1 unspecified atom stereocenters. The Balaban J connectivity index is 2.13. The van der Waals surface area contributed by atoms with Gasteiger partial charge in [-0.1, -0.05) is 26.3 Å². The fourth-order valence-corrected chi connectivity index (χ4v) is 2.63. The van der Waals surface area contributed by atoms with E-state index < -0.39 is 5.82 Å². The summed E-state index contributed by atoms with van der Waals surface area (Å²) in [5.41, 5.74) is 1.07. The van der Waals surface area contributed by atoms with Gasteiger partial charge in [-0.05, 0) is 42.9 Å². The molecule has 1 N–H and O–H groups in total. The topological polar surface area (TPSA) is 29.1 Å². The lowest BCUT2D eigenvalue weighted by molar-refractivity contribution is 0.0906. The number of carbonyl (C=O) groups is 1. The van der Waals surface area contributed by atoms with Crippen LogP contribution in [0, 0.1) is 18.2 Å². The van der Waals surface area contributed by atoms with E-state index in [9.17, 15) is 9.18 Å². The Hall–Kier alpha value is -1.38. The molecule has 0 heterocycles. The molecular formula is C15H20FNO. The number of rotatable bonds is 2. The van der Waals surface area contributed by atoms with Gasteiger partial charge in [0.1, 0.15) is 5.82 Å². The highest BCUT2D eigenvalue weighted by atomic mass is 19.1. The van der Waals surface area contributed by atoms with Crippen molar-refractivity contribution in [3.8, 4) is 0 Å². The van der Waals surface area contributed by atoms with Crippen molar-refractivity contribution in [3.63, 3.8) is 0 Å². The Morgan fingerprint density at radius 3 is 2.72 bits per heavy atom. The number of halogens is 1. The zero-order valence-corrected chi connectivity index (χ0v) is 11.2. The van der Waals surface area contributed by atoms with Crippen molar-refractivity contribution in [1.82, 2.24) is 5.32 Å². The van der Waals surface area contributed by atoms with Crippen LogP contribution >= 0.6 is 0 Å². The Labute approximate surface area is 108 Å². The summed E-state index contributed by atoms with van der Waals surface area (Å²) in [4.78, 5) is 12.1. The summed E-state index contributed by atoms with van der Waals surface area (Å²) < 4.78 is 13.7. The number of amides is 1. The second kappa shape index (κ2) is 4.71. The number of aryl methyl sites for hydroxylation is 1. The molecule has 0 aliphatic heterocycles. The molecule has 1 aromatic rings. The maximum Gasteiger partial charge on any atom is 0.254 e. The quantitative estimate of drug-likeness (QED) is 0.854. The molecule has 1 atom stereocenters. The maximum absolute atomic E-state index is 13.7. The normalized spacial score (nSPS) is 21.9. The molecule has 1 aliphatic rings. The van der Waals surface area contributed by atoms with Crippen LogP contribution in [0.3, 0.4) is 0 Å². The van der Waals surface area contributed by atoms with Crippen molar-refractivity contribution in [2.75, 3.05) is 0 Å². The average molecular weight is 249 g/mol. The number of nitrogens with one attached hydrogen (secondary N) is 1. The van der Waals surface area contributed by atoms with Gasteiger partial charge >= 0.3 is 0 Å². The van der Waals surface area contributed by atoms with E-state index in [0.29, 0.717) is 0 Å². The van der Waals surface area contributed by atoms with Gasteiger partial charge in [-0.2, -0.15) is 0 Å². The molecule has 1 aliphatic carbocycles. The molecule has 3 heteroatoms. The van der Waals surface area contributed by atoms with Crippen molar-refractivity contribution >= 4 is 5.91 Å². The first kappa shape index (κ1) is 13.1. The van der Waals surface area contributed by atoms with Crippen LogP contribution in [0.5, 0.6) is 0 Å². The average Bonchev–Trinajstić information content (AvgIpc) is 2.58. The molecule has 98 valence electrons. The summed E-state index contributed by atoms with van der Waals surface area (Å²) in [7, 11) is 0. The fraction of sp³-hybridized carbons (Fsp3) is 0.533. The predicted octanol–water partition coefficient (Wildman–Crippen LogP) is 3.44. The summed E-state index contributed by atoms with van der Waals surface area (Å²) in [6.07, 6.45) is 3.20. The van der Waals surface area contributed by atoms with Crippen LogP contribution in [0.4, 0.5) is 4.39 Å². The minimum atomic E-state index is -0.441. The monoisotopic (exact) mass is 249 g/mol. The van der Waals surface area contributed by atoms with E-state index in [1.165, 1.54) is 6.07 Å². The maximum atomic E-state index is 13.7. The Morgan fingerprint density at radius 1 is 1.44 bits per heavy atom. The third-order valence-corrected chi connectivity index (χ3v) is 3.93. The van der Waals surface area contributed by atoms with E-state index in [1.807, 2.05) is 6.92 Å². The van der Waals surface area contributed by atoms with Gasteiger partial charge in [0.15, 0.2) is 0 Å². The number of hydrogen-bond donors (Lipinski definition) is 1. The van der Waals surface area contributed by atoms with Crippen LogP contribution in [-0.4, -0.2) is 11.9 Å². The summed E-state index contributed by atoms with van der Waals surface area (Å²) in [6.45, 7) is 6.11. The van der Waals surface area contributed by atoms with E-state index in [-0.39, 0.29) is 22.9 Å². The molecule has 0 radical (unpaired) electrons. The minimum Gasteiger partial charge on any atom is -0.349 e. The molecule has 0 saturated heterocycles. The van der Waals surface area contributed by atoms with E-state index in [4.69, 9.17) is 0 Å². The zero-order chi connectivity index (χ0) is 13.3. The lowest BCUT2D eigenvalue weighted by Crippen LogP contribution is -2.41. The highest BCUT2D eigenvalue weighted by Crippen LogP contribution is 2.37. The van der Waals surface area contributed by atoms with Crippen LogP contribution in [0.25, 0.3) is 0 Å². The number of hydrogen-bond acceptors (Lipinski definition) is 1. The predicted molar refractivity (Wildman–Crippen MR) is 70.0 cm³/mol. The van der Waals surface area contributed by atoms with Crippen molar-refractivity contribution < 1.29 is 9.18 Å². The SMILES string of the molecule is Cc1ccc(C(=O)NC2CCCC2(C)C)c(F)c1. The molecule has 1 amide bonds. The minimum absolute atomic E-state index is 0.108. The summed E-state index contributed by atoms with van der Waals surface area (Å²) in [5.74, 6) is -0.740. The second-order valence-corrected chi connectivity index (χ2v) is 5.89. The van der Waals surface area contributed by atoms with Crippen molar-refractivity contribution in [3.05, 3.63) is 35.1 Å². The van der Waals surface area contributed by atoms with E-state index >= 15 is 0 Å². The van der Waals surface area contributed by atoms with Crippen LogP contribution in [0.1, 0.15) is 49.0 Å². The van der Waals surface area contributed by atoms with Crippen LogP contribution in [0.2, 0.25) is 0 Å². The van der Waals surface area contributed by atoms with Crippen molar-refractivity contribution in [1.29, 1.82) is 0 Å². The van der Waals surface area contributed by atoms with E-state index in [2.05, 4.69) is 19.2 Å². The molecule has 2 nitrogen and oxygen atoms in total. The zero-order valence-electron chi connectivity index (χ0n) is 11.2. The van der Waals surface area contributed by atoms with Crippen LogP contribution in [0.15, 0.2) is 18.2 Å². The first-order valence-corrected chi connectivity index (χ1v) is 6.47. The fourth-order valence-electron chi connectivity index (χ4n) is 2.63. The highest BCUT2D eigenvalue weighted by Gasteiger charge is 2.35. The molecule has 0 bridgehead atoms. The largest absolute Gasteiger partial charge is 0.349 e. The number of benzene rings is 1. The van der Waals surface area contributed by atoms with Crippen molar-refractivity contribution in [2.45, 2.75) is 46.1 Å². The first-order chi connectivity index (χ1) is 8.40. The molecular weight excluding hydrogens is 229 g/mol. The van der Waals surface area contributed by atoms with Gasteiger partial charge in [0, 0.05) is 6.04 Å². The van der Waals surface area contributed by atoms with Gasteiger partial charge in [-0.25, -0.2) is 4.39 Å². The molecule has 0 aromatic heterocycles.